The summed E-state index contributed by atoms with van der Waals surface area (Å²) >= 11 is 3.57. The Hall–Kier alpha value is -0.0300. The molecule has 2 rings (SSSR count). The van der Waals surface area contributed by atoms with Gasteiger partial charge in [0.2, 0.25) is 0 Å². The van der Waals surface area contributed by atoms with Crippen LogP contribution in [0.15, 0.2) is 15.7 Å². The fraction of sp³-hybridized carbons (Fsp3) is 0.500. The fourth-order valence-electron chi connectivity index (χ4n) is 1.38. The lowest BCUT2D eigenvalue weighted by atomic mass is 10.1. The molecule has 1 aromatic heterocycles. The maximum atomic E-state index is 3.46. The first kappa shape index (κ1) is 8.56. The van der Waals surface area contributed by atoms with Crippen LogP contribution >= 0.6 is 23.3 Å². The van der Waals surface area contributed by atoms with Crippen LogP contribution in [-0.2, 0) is 0 Å². The zero-order chi connectivity index (χ0) is 8.39. The van der Waals surface area contributed by atoms with Crippen molar-refractivity contribution in [3.8, 4) is 0 Å². The monoisotopic (exact) mass is 200 g/mol. The second kappa shape index (κ2) is 3.79. The van der Waals surface area contributed by atoms with Crippen LogP contribution < -0.4 is 10.0 Å². The summed E-state index contributed by atoms with van der Waals surface area (Å²) in [4.78, 5) is 0. The average molecular weight is 200 g/mol. The Balaban J connectivity index is 2.19. The molecule has 2 heterocycles. The number of hydrogen-bond donors (Lipinski definition) is 2. The summed E-state index contributed by atoms with van der Waals surface area (Å²) < 4.78 is 4.74. The number of nitrogens with one attached hydrogen (secondary N) is 2. The molecule has 66 valence electrons. The summed E-state index contributed by atoms with van der Waals surface area (Å²) in [5.41, 5.74) is 1.46. The van der Waals surface area contributed by atoms with E-state index in [2.05, 4.69) is 28.4 Å². The van der Waals surface area contributed by atoms with Crippen LogP contribution in [0.1, 0.15) is 18.5 Å². The standard InChI is InChI=1S/C8H12N2S2/c1-2-9-7-5-10-12-8-6(7)3-4-11-8/h3-4,7,9-10H,2,5H2,1H3. The number of likely N-dealkylation sites (N-methyl/N-ethyl adjacent to an activating group) is 1. The molecule has 1 atom stereocenters. The van der Waals surface area contributed by atoms with Gasteiger partial charge < -0.3 is 5.32 Å². The van der Waals surface area contributed by atoms with Crippen molar-refractivity contribution in [3.05, 3.63) is 17.0 Å². The minimum Gasteiger partial charge on any atom is -0.309 e. The van der Waals surface area contributed by atoms with E-state index >= 15 is 0 Å². The minimum atomic E-state index is 0.512. The van der Waals surface area contributed by atoms with E-state index in [0.29, 0.717) is 6.04 Å². The molecular weight excluding hydrogens is 188 g/mol. The maximum absolute atomic E-state index is 3.46. The van der Waals surface area contributed by atoms with Crippen LogP contribution in [0.5, 0.6) is 0 Å². The summed E-state index contributed by atoms with van der Waals surface area (Å²) in [6.07, 6.45) is 0. The van der Waals surface area contributed by atoms with E-state index in [9.17, 15) is 0 Å². The molecule has 4 heteroatoms. The molecule has 2 N–H and O–H groups in total. The molecule has 1 aliphatic heterocycles. The number of fused-ring (bicyclic) bond motifs is 1. The lowest BCUT2D eigenvalue weighted by Crippen LogP contribution is -2.31. The molecule has 2 nitrogen and oxygen atoms in total. The Morgan fingerprint density at radius 1 is 1.75 bits per heavy atom. The fourth-order valence-corrected chi connectivity index (χ4v) is 3.31. The van der Waals surface area contributed by atoms with Gasteiger partial charge in [0.15, 0.2) is 0 Å². The molecule has 1 unspecified atom stereocenters. The maximum Gasteiger partial charge on any atom is 0.0799 e. The highest BCUT2D eigenvalue weighted by Gasteiger charge is 2.20. The Morgan fingerprint density at radius 3 is 3.50 bits per heavy atom. The van der Waals surface area contributed by atoms with Crippen molar-refractivity contribution in [1.29, 1.82) is 0 Å². The van der Waals surface area contributed by atoms with Gasteiger partial charge in [-0.1, -0.05) is 6.92 Å². The molecule has 0 radical (unpaired) electrons. The van der Waals surface area contributed by atoms with Crippen LogP contribution in [0, 0.1) is 0 Å². The smallest absolute Gasteiger partial charge is 0.0799 e. The average Bonchev–Trinajstić information content (AvgIpc) is 2.53. The zero-order valence-corrected chi connectivity index (χ0v) is 8.60. The van der Waals surface area contributed by atoms with E-state index in [1.54, 1.807) is 11.9 Å². The van der Waals surface area contributed by atoms with E-state index in [0.717, 1.165) is 13.1 Å². The summed E-state index contributed by atoms with van der Waals surface area (Å²) in [7, 11) is 0. The van der Waals surface area contributed by atoms with Gasteiger partial charge in [-0.05, 0) is 35.5 Å². The quantitative estimate of drug-likeness (QED) is 0.714. The lowest BCUT2D eigenvalue weighted by molar-refractivity contribution is 0.538. The molecule has 0 bridgehead atoms. The summed E-state index contributed by atoms with van der Waals surface area (Å²) in [6, 6.07) is 2.73. The lowest BCUT2D eigenvalue weighted by Gasteiger charge is -2.23. The van der Waals surface area contributed by atoms with Crippen molar-refractivity contribution in [2.24, 2.45) is 0 Å². The van der Waals surface area contributed by atoms with E-state index in [1.165, 1.54) is 9.77 Å². The van der Waals surface area contributed by atoms with Gasteiger partial charge in [0.1, 0.15) is 0 Å². The number of hydrogen-bond acceptors (Lipinski definition) is 4. The first-order chi connectivity index (χ1) is 5.92. The molecule has 12 heavy (non-hydrogen) atoms. The van der Waals surface area contributed by atoms with Gasteiger partial charge in [-0.2, -0.15) is 0 Å². The van der Waals surface area contributed by atoms with Gasteiger partial charge in [-0.15, -0.1) is 11.3 Å². The van der Waals surface area contributed by atoms with E-state index in [-0.39, 0.29) is 0 Å². The van der Waals surface area contributed by atoms with Crippen LogP contribution in [0.3, 0.4) is 0 Å². The largest absolute Gasteiger partial charge is 0.309 e. The first-order valence-electron chi connectivity index (χ1n) is 4.12. The van der Waals surface area contributed by atoms with Crippen LogP contribution in [0.2, 0.25) is 0 Å². The van der Waals surface area contributed by atoms with Gasteiger partial charge >= 0.3 is 0 Å². The highest BCUT2D eigenvalue weighted by atomic mass is 32.2. The van der Waals surface area contributed by atoms with Crippen molar-refractivity contribution in [2.45, 2.75) is 17.2 Å². The Morgan fingerprint density at radius 2 is 2.67 bits per heavy atom. The molecule has 0 aromatic carbocycles. The van der Waals surface area contributed by atoms with Gasteiger partial charge in [0.05, 0.1) is 4.21 Å². The Kier molecular flexibility index (Phi) is 2.70. The molecule has 0 fully saturated rings. The molecule has 0 amide bonds. The van der Waals surface area contributed by atoms with Crippen molar-refractivity contribution < 1.29 is 0 Å². The second-order valence-corrected chi connectivity index (χ2v) is 4.80. The molecule has 0 saturated heterocycles. The summed E-state index contributed by atoms with van der Waals surface area (Å²) in [5, 5.41) is 5.62. The molecule has 0 spiro atoms. The SMILES string of the molecule is CCNC1CNSc2sccc21. The predicted molar refractivity (Wildman–Crippen MR) is 54.6 cm³/mol. The summed E-state index contributed by atoms with van der Waals surface area (Å²) in [6.45, 7) is 4.21. The molecule has 1 aromatic rings. The van der Waals surface area contributed by atoms with E-state index in [1.807, 2.05) is 11.3 Å². The van der Waals surface area contributed by atoms with E-state index < -0.39 is 0 Å². The van der Waals surface area contributed by atoms with Gasteiger partial charge in [0, 0.05) is 12.6 Å². The Labute approximate surface area is 80.9 Å². The zero-order valence-electron chi connectivity index (χ0n) is 6.96. The van der Waals surface area contributed by atoms with Crippen LogP contribution in [-0.4, -0.2) is 13.1 Å². The van der Waals surface area contributed by atoms with Crippen molar-refractivity contribution in [2.75, 3.05) is 13.1 Å². The third-order valence-corrected chi connectivity index (χ3v) is 3.93. The third-order valence-electron chi connectivity index (χ3n) is 1.94. The predicted octanol–water partition coefficient (Wildman–Crippen LogP) is 2.01. The van der Waals surface area contributed by atoms with Gasteiger partial charge in [0.25, 0.3) is 0 Å². The highest BCUT2D eigenvalue weighted by Crippen LogP contribution is 2.34. The highest BCUT2D eigenvalue weighted by molar-refractivity contribution is 7.99. The van der Waals surface area contributed by atoms with Crippen molar-refractivity contribution in [3.63, 3.8) is 0 Å². The van der Waals surface area contributed by atoms with E-state index in [4.69, 9.17) is 0 Å². The van der Waals surface area contributed by atoms with Crippen molar-refractivity contribution >= 4 is 23.3 Å². The second-order valence-electron chi connectivity index (χ2n) is 2.72. The summed E-state index contributed by atoms with van der Waals surface area (Å²) in [5.74, 6) is 0. The molecule has 1 aliphatic rings. The molecular formula is C8H12N2S2. The molecule has 0 saturated carbocycles. The Bertz CT molecular complexity index is 259. The first-order valence-corrected chi connectivity index (χ1v) is 5.82. The number of rotatable bonds is 2. The van der Waals surface area contributed by atoms with Crippen molar-refractivity contribution in [1.82, 2.24) is 10.0 Å². The van der Waals surface area contributed by atoms with Crippen LogP contribution in [0.4, 0.5) is 0 Å². The minimum absolute atomic E-state index is 0.512. The van der Waals surface area contributed by atoms with Crippen LogP contribution in [0.25, 0.3) is 0 Å². The third kappa shape index (κ3) is 1.52. The van der Waals surface area contributed by atoms with Gasteiger partial charge in [-0.3, -0.25) is 4.72 Å². The van der Waals surface area contributed by atoms with Gasteiger partial charge in [-0.25, -0.2) is 0 Å². The topological polar surface area (TPSA) is 24.1 Å². The molecule has 0 aliphatic carbocycles. The normalized spacial score (nSPS) is 22.2. The number of thiophene rings is 1.